The molecule has 0 aromatic heterocycles. The Bertz CT molecular complexity index is 313. The highest BCUT2D eigenvalue weighted by atomic mass is 16.6. The molecule has 4 nitrogen and oxygen atoms in total. The molecule has 0 atom stereocenters. The maximum atomic E-state index is 11.0. The summed E-state index contributed by atoms with van der Waals surface area (Å²) in [6, 6.07) is 0. The second-order valence-electron chi connectivity index (χ2n) is 2.63. The quantitative estimate of drug-likeness (QED) is 0.307. The number of carbonyl (C=O) groups is 2. The highest BCUT2D eigenvalue weighted by molar-refractivity contribution is 6.29. The highest BCUT2D eigenvalue weighted by Gasteiger charge is 2.16. The van der Waals surface area contributed by atoms with Crippen LogP contribution in [0.25, 0.3) is 0 Å². The number of esters is 2. The van der Waals surface area contributed by atoms with E-state index in [0.29, 0.717) is 12.8 Å². The van der Waals surface area contributed by atoms with Gasteiger partial charge in [0.1, 0.15) is 13.2 Å². The van der Waals surface area contributed by atoms with Crippen LogP contribution in [-0.4, -0.2) is 25.2 Å². The minimum Gasteiger partial charge on any atom is -0.456 e. The van der Waals surface area contributed by atoms with Gasteiger partial charge in [-0.05, 0) is 13.8 Å². The van der Waals surface area contributed by atoms with Crippen LogP contribution in [0.1, 0.15) is 26.7 Å². The Labute approximate surface area is 95.3 Å². The van der Waals surface area contributed by atoms with Gasteiger partial charge in [0.05, 0.1) is 0 Å². The fraction of sp³-hybridized carbons (Fsp3) is 0.500. The molecule has 86 valence electrons. The monoisotopic (exact) mass is 222 g/mol. The molecule has 0 saturated heterocycles. The minimum atomic E-state index is -0.984. The summed E-state index contributed by atoms with van der Waals surface area (Å²) in [6.45, 7) is 3.57. The Balaban J connectivity index is 3.66. The van der Waals surface area contributed by atoms with Crippen LogP contribution in [0.2, 0.25) is 0 Å². The van der Waals surface area contributed by atoms with Crippen LogP contribution >= 0.6 is 0 Å². The van der Waals surface area contributed by atoms with Crippen molar-refractivity contribution in [1.82, 2.24) is 0 Å². The van der Waals surface area contributed by atoms with Crippen molar-refractivity contribution in [3.05, 3.63) is 0 Å². The molecule has 0 amide bonds. The van der Waals surface area contributed by atoms with E-state index in [1.54, 1.807) is 13.8 Å². The Kier molecular flexibility index (Phi) is 8.44. The summed E-state index contributed by atoms with van der Waals surface area (Å²) in [7, 11) is 0. The molecule has 0 aliphatic rings. The molecular weight excluding hydrogens is 208 g/mol. The van der Waals surface area contributed by atoms with E-state index >= 15 is 0 Å². The van der Waals surface area contributed by atoms with E-state index in [9.17, 15) is 9.59 Å². The molecule has 0 aromatic carbocycles. The van der Waals surface area contributed by atoms with Crippen molar-refractivity contribution in [1.29, 1.82) is 0 Å². The van der Waals surface area contributed by atoms with Crippen LogP contribution in [0.3, 0.4) is 0 Å². The van der Waals surface area contributed by atoms with Crippen molar-refractivity contribution in [2.75, 3.05) is 13.2 Å². The highest BCUT2D eigenvalue weighted by Crippen LogP contribution is 1.89. The average molecular weight is 222 g/mol. The molecule has 0 fully saturated rings. The van der Waals surface area contributed by atoms with Gasteiger partial charge in [0.2, 0.25) is 0 Å². The van der Waals surface area contributed by atoms with Crippen molar-refractivity contribution >= 4 is 11.9 Å². The van der Waals surface area contributed by atoms with Gasteiger partial charge in [-0.3, -0.25) is 0 Å². The lowest BCUT2D eigenvalue weighted by molar-refractivity contribution is -0.167. The predicted octanol–water partition coefficient (Wildman–Crippen LogP) is 0.900. The van der Waals surface area contributed by atoms with Gasteiger partial charge in [0, 0.05) is 12.8 Å². The molecule has 0 aromatic rings. The largest absolute Gasteiger partial charge is 0.456 e. The Morgan fingerprint density at radius 2 is 1.25 bits per heavy atom. The van der Waals surface area contributed by atoms with Gasteiger partial charge >= 0.3 is 11.9 Å². The van der Waals surface area contributed by atoms with Gasteiger partial charge in [-0.2, -0.15) is 0 Å². The van der Waals surface area contributed by atoms with Gasteiger partial charge in [-0.1, -0.05) is 0 Å². The standard InChI is InChI=1S/C12H14O4/c1-3-5-7-9-15-11(13)12(14)16-10-8-6-4-2/h7-10H2,1-2H3. The molecule has 0 N–H and O–H groups in total. The van der Waals surface area contributed by atoms with Crippen molar-refractivity contribution < 1.29 is 19.1 Å². The van der Waals surface area contributed by atoms with E-state index in [1.165, 1.54) is 0 Å². The van der Waals surface area contributed by atoms with E-state index < -0.39 is 11.9 Å². The second kappa shape index (κ2) is 9.61. The maximum Gasteiger partial charge on any atom is 0.417 e. The molecule has 0 radical (unpaired) electrons. The molecule has 0 heterocycles. The summed E-state index contributed by atoms with van der Waals surface area (Å²) >= 11 is 0. The summed E-state index contributed by atoms with van der Waals surface area (Å²) < 4.78 is 9.22. The summed E-state index contributed by atoms with van der Waals surface area (Å²) in [5.41, 5.74) is 0. The first-order valence-corrected chi connectivity index (χ1v) is 4.85. The summed E-state index contributed by atoms with van der Waals surface area (Å²) in [4.78, 5) is 22.0. The molecule has 0 aliphatic carbocycles. The molecule has 0 bridgehead atoms. The van der Waals surface area contributed by atoms with Crippen molar-refractivity contribution in [3.63, 3.8) is 0 Å². The van der Waals surface area contributed by atoms with Crippen LogP contribution in [0.15, 0.2) is 0 Å². The molecule has 4 heteroatoms. The van der Waals surface area contributed by atoms with Crippen molar-refractivity contribution in [3.8, 4) is 23.7 Å². The Morgan fingerprint density at radius 1 is 0.875 bits per heavy atom. The number of hydrogen-bond donors (Lipinski definition) is 0. The molecule has 0 aliphatic heterocycles. The molecule has 16 heavy (non-hydrogen) atoms. The Hall–Kier alpha value is -1.94. The lowest BCUT2D eigenvalue weighted by atomic mass is 10.4. The van der Waals surface area contributed by atoms with Crippen LogP contribution < -0.4 is 0 Å². The first-order valence-electron chi connectivity index (χ1n) is 4.85. The maximum absolute atomic E-state index is 11.0. The number of carbonyl (C=O) groups excluding carboxylic acids is 2. The van der Waals surface area contributed by atoms with Gasteiger partial charge in [-0.25, -0.2) is 9.59 Å². The van der Waals surface area contributed by atoms with Crippen LogP contribution in [0, 0.1) is 23.7 Å². The summed E-state index contributed by atoms with van der Waals surface area (Å²) in [5, 5.41) is 0. The zero-order chi connectivity index (χ0) is 12.2. The molecular formula is C12H14O4. The number of hydrogen-bond acceptors (Lipinski definition) is 4. The lowest BCUT2D eigenvalue weighted by Gasteiger charge is -2.02. The Morgan fingerprint density at radius 3 is 1.56 bits per heavy atom. The third-order valence-corrected chi connectivity index (χ3v) is 1.44. The van der Waals surface area contributed by atoms with E-state index in [-0.39, 0.29) is 13.2 Å². The van der Waals surface area contributed by atoms with E-state index in [4.69, 9.17) is 0 Å². The first kappa shape index (κ1) is 14.1. The summed E-state index contributed by atoms with van der Waals surface area (Å²) in [6.07, 6.45) is 0.827. The van der Waals surface area contributed by atoms with Gasteiger partial charge in [0.15, 0.2) is 0 Å². The first-order chi connectivity index (χ1) is 7.72. The zero-order valence-corrected chi connectivity index (χ0v) is 9.46. The molecule has 0 spiro atoms. The number of rotatable bonds is 4. The van der Waals surface area contributed by atoms with Crippen LogP contribution in [-0.2, 0) is 19.1 Å². The average Bonchev–Trinajstić information content (AvgIpc) is 2.29. The normalized spacial score (nSPS) is 7.88. The zero-order valence-electron chi connectivity index (χ0n) is 9.46. The van der Waals surface area contributed by atoms with E-state index in [1.807, 2.05) is 0 Å². The van der Waals surface area contributed by atoms with Gasteiger partial charge in [-0.15, -0.1) is 23.7 Å². The van der Waals surface area contributed by atoms with Crippen LogP contribution in [0.4, 0.5) is 0 Å². The van der Waals surface area contributed by atoms with E-state index in [2.05, 4.69) is 33.2 Å². The predicted molar refractivity (Wildman–Crippen MR) is 58.1 cm³/mol. The summed E-state index contributed by atoms with van der Waals surface area (Å²) in [5.74, 6) is 8.73. The second-order valence-corrected chi connectivity index (χ2v) is 2.63. The number of ether oxygens (including phenoxy) is 2. The molecule has 0 rings (SSSR count). The lowest BCUT2D eigenvalue weighted by Crippen LogP contribution is -2.21. The third kappa shape index (κ3) is 7.46. The molecule has 0 saturated carbocycles. The van der Waals surface area contributed by atoms with E-state index in [0.717, 1.165) is 0 Å². The minimum absolute atomic E-state index is 0.101. The van der Waals surface area contributed by atoms with Crippen molar-refractivity contribution in [2.45, 2.75) is 26.7 Å². The van der Waals surface area contributed by atoms with Crippen LogP contribution in [0.5, 0.6) is 0 Å². The fourth-order valence-electron chi connectivity index (χ4n) is 0.757. The van der Waals surface area contributed by atoms with Crippen molar-refractivity contribution in [2.24, 2.45) is 0 Å². The SMILES string of the molecule is CC#CCCOC(=O)C(=O)OCCC#CC. The van der Waals surface area contributed by atoms with Gasteiger partial charge in [0.25, 0.3) is 0 Å². The third-order valence-electron chi connectivity index (χ3n) is 1.44. The molecule has 0 unspecified atom stereocenters. The fourth-order valence-corrected chi connectivity index (χ4v) is 0.757. The van der Waals surface area contributed by atoms with Gasteiger partial charge < -0.3 is 9.47 Å². The smallest absolute Gasteiger partial charge is 0.417 e. The topological polar surface area (TPSA) is 52.6 Å².